The molecule has 2 N–H and O–H groups in total. The molecule has 1 aromatic heterocycles. The van der Waals surface area contributed by atoms with Gasteiger partial charge in [0, 0.05) is 12.4 Å². The van der Waals surface area contributed by atoms with Gasteiger partial charge in [-0.25, -0.2) is 4.39 Å². The molecule has 2 aromatic rings. The number of nitrogens with two attached hydrogens (primary N) is 1. The van der Waals surface area contributed by atoms with Crippen LogP contribution in [-0.2, 0) is 0 Å². The number of aryl methyl sites for hydroxylation is 1. The maximum atomic E-state index is 13.2. The Labute approximate surface area is 104 Å². The van der Waals surface area contributed by atoms with Crippen molar-refractivity contribution in [3.63, 3.8) is 0 Å². The van der Waals surface area contributed by atoms with Crippen molar-refractivity contribution in [1.82, 2.24) is 4.98 Å². The smallest absolute Gasteiger partial charge is 0.126 e. The van der Waals surface area contributed by atoms with Gasteiger partial charge in [0.05, 0.1) is 11.1 Å². The van der Waals surface area contributed by atoms with E-state index in [1.54, 1.807) is 37.5 Å². The fourth-order valence-corrected chi connectivity index (χ4v) is 1.92. The average Bonchev–Trinajstić information content (AvgIpc) is 2.32. The van der Waals surface area contributed by atoms with Crippen LogP contribution in [0.2, 0.25) is 5.02 Å². The molecule has 1 atom stereocenters. The Balaban J connectivity index is 2.40. The van der Waals surface area contributed by atoms with E-state index in [1.165, 1.54) is 6.07 Å². The third-order valence-corrected chi connectivity index (χ3v) is 3.00. The van der Waals surface area contributed by atoms with Gasteiger partial charge >= 0.3 is 0 Å². The highest BCUT2D eigenvalue weighted by Gasteiger charge is 2.13. The summed E-state index contributed by atoms with van der Waals surface area (Å²) in [5.41, 5.74) is 8.29. The summed E-state index contributed by atoms with van der Waals surface area (Å²) in [5, 5.41) is 0.516. The van der Waals surface area contributed by atoms with Crippen molar-refractivity contribution in [1.29, 1.82) is 0 Å². The summed E-state index contributed by atoms with van der Waals surface area (Å²) in [6, 6.07) is 6.22. The second-order valence-corrected chi connectivity index (χ2v) is 4.29. The zero-order valence-electron chi connectivity index (χ0n) is 9.32. The van der Waals surface area contributed by atoms with Crippen molar-refractivity contribution < 1.29 is 4.39 Å². The fraction of sp³-hybridized carbons (Fsp3) is 0.154. The first kappa shape index (κ1) is 12.0. The predicted octanol–water partition coefficient (Wildman–Crippen LogP) is 3.23. The molecule has 1 heterocycles. The summed E-state index contributed by atoms with van der Waals surface area (Å²) in [7, 11) is 0. The van der Waals surface area contributed by atoms with Crippen LogP contribution in [0, 0.1) is 12.7 Å². The molecular formula is C13H12ClFN2. The highest BCUT2D eigenvalue weighted by Crippen LogP contribution is 2.26. The zero-order chi connectivity index (χ0) is 12.4. The van der Waals surface area contributed by atoms with Gasteiger partial charge in [0.25, 0.3) is 0 Å². The van der Waals surface area contributed by atoms with E-state index >= 15 is 0 Å². The molecule has 0 bridgehead atoms. The molecule has 0 amide bonds. The third-order valence-electron chi connectivity index (χ3n) is 2.68. The van der Waals surface area contributed by atoms with Crippen LogP contribution >= 0.6 is 11.6 Å². The lowest BCUT2D eigenvalue weighted by atomic mass is 9.99. The molecule has 0 spiro atoms. The molecule has 4 heteroatoms. The summed E-state index contributed by atoms with van der Waals surface area (Å²) in [5.74, 6) is -0.234. The lowest BCUT2D eigenvalue weighted by molar-refractivity contribution is 0.617. The molecule has 2 rings (SSSR count). The van der Waals surface area contributed by atoms with Crippen LogP contribution in [0.25, 0.3) is 0 Å². The maximum absolute atomic E-state index is 13.2. The lowest BCUT2D eigenvalue weighted by Crippen LogP contribution is -2.12. The highest BCUT2D eigenvalue weighted by molar-refractivity contribution is 6.31. The largest absolute Gasteiger partial charge is 0.320 e. The molecule has 1 aromatic carbocycles. The summed E-state index contributed by atoms with van der Waals surface area (Å²) < 4.78 is 13.2. The van der Waals surface area contributed by atoms with Crippen LogP contribution in [0.1, 0.15) is 22.7 Å². The zero-order valence-corrected chi connectivity index (χ0v) is 10.1. The number of aromatic nitrogens is 1. The Hall–Kier alpha value is -1.45. The number of pyridine rings is 1. The normalized spacial score (nSPS) is 12.5. The van der Waals surface area contributed by atoms with E-state index in [0.717, 1.165) is 11.1 Å². The predicted molar refractivity (Wildman–Crippen MR) is 66.4 cm³/mol. The van der Waals surface area contributed by atoms with Gasteiger partial charge in [-0.3, -0.25) is 4.98 Å². The number of rotatable bonds is 2. The Kier molecular flexibility index (Phi) is 3.41. The summed E-state index contributed by atoms with van der Waals surface area (Å²) in [4.78, 5) is 3.91. The summed E-state index contributed by atoms with van der Waals surface area (Å²) >= 11 is 6.02. The highest BCUT2D eigenvalue weighted by atomic mass is 35.5. The van der Waals surface area contributed by atoms with Crippen molar-refractivity contribution in [3.05, 3.63) is 64.2 Å². The van der Waals surface area contributed by atoms with Crippen molar-refractivity contribution >= 4 is 11.6 Å². The van der Waals surface area contributed by atoms with Gasteiger partial charge in [0.15, 0.2) is 0 Å². The van der Waals surface area contributed by atoms with Crippen LogP contribution in [0.5, 0.6) is 0 Å². The molecule has 0 radical (unpaired) electrons. The third kappa shape index (κ3) is 2.46. The molecule has 0 saturated carbocycles. The first-order valence-corrected chi connectivity index (χ1v) is 5.58. The molecule has 0 saturated heterocycles. The standard InChI is InChI=1S/C13H12ClFN2/c1-8-6-9(2-3-12(8)15)13(16)10-4-5-17-7-11(10)14/h2-7,13H,16H2,1H3. The van der Waals surface area contributed by atoms with Gasteiger partial charge in [-0.2, -0.15) is 0 Å². The molecule has 0 fully saturated rings. The molecule has 17 heavy (non-hydrogen) atoms. The summed E-state index contributed by atoms with van der Waals surface area (Å²) in [6.07, 6.45) is 3.19. The van der Waals surface area contributed by atoms with Gasteiger partial charge in [-0.05, 0) is 35.7 Å². The molecule has 1 unspecified atom stereocenters. The van der Waals surface area contributed by atoms with Gasteiger partial charge in [0.1, 0.15) is 5.82 Å². The van der Waals surface area contributed by atoms with Crippen LogP contribution in [0.4, 0.5) is 4.39 Å². The first-order valence-electron chi connectivity index (χ1n) is 5.20. The lowest BCUT2D eigenvalue weighted by Gasteiger charge is -2.14. The van der Waals surface area contributed by atoms with Gasteiger partial charge < -0.3 is 5.73 Å². The number of halogens is 2. The number of hydrogen-bond acceptors (Lipinski definition) is 2. The molecule has 2 nitrogen and oxygen atoms in total. The van der Waals surface area contributed by atoms with Crippen LogP contribution in [0.3, 0.4) is 0 Å². The van der Waals surface area contributed by atoms with Gasteiger partial charge in [-0.1, -0.05) is 23.7 Å². The minimum absolute atomic E-state index is 0.234. The maximum Gasteiger partial charge on any atom is 0.126 e. The van der Waals surface area contributed by atoms with E-state index in [-0.39, 0.29) is 11.9 Å². The van der Waals surface area contributed by atoms with Gasteiger partial charge in [0.2, 0.25) is 0 Å². The molecule has 88 valence electrons. The minimum Gasteiger partial charge on any atom is -0.320 e. The second kappa shape index (κ2) is 4.82. The van der Waals surface area contributed by atoms with E-state index in [0.29, 0.717) is 10.6 Å². The van der Waals surface area contributed by atoms with Crippen molar-refractivity contribution in [2.24, 2.45) is 5.73 Å². The second-order valence-electron chi connectivity index (χ2n) is 3.88. The SMILES string of the molecule is Cc1cc(C(N)c2ccncc2Cl)ccc1F. The topological polar surface area (TPSA) is 38.9 Å². The van der Waals surface area contributed by atoms with E-state index < -0.39 is 0 Å². The van der Waals surface area contributed by atoms with Crippen LogP contribution < -0.4 is 5.73 Å². The van der Waals surface area contributed by atoms with E-state index in [9.17, 15) is 4.39 Å². The first-order chi connectivity index (χ1) is 8.09. The van der Waals surface area contributed by atoms with E-state index in [1.807, 2.05) is 0 Å². The number of hydrogen-bond donors (Lipinski definition) is 1. The van der Waals surface area contributed by atoms with Gasteiger partial charge in [-0.15, -0.1) is 0 Å². The Morgan fingerprint density at radius 3 is 2.76 bits per heavy atom. The van der Waals surface area contributed by atoms with E-state index in [2.05, 4.69) is 4.98 Å². The number of benzene rings is 1. The molecular weight excluding hydrogens is 239 g/mol. The molecule has 0 aliphatic rings. The number of nitrogens with zero attached hydrogens (tertiary/aromatic N) is 1. The Morgan fingerprint density at radius 1 is 1.35 bits per heavy atom. The Morgan fingerprint density at radius 2 is 2.12 bits per heavy atom. The van der Waals surface area contributed by atoms with Crippen molar-refractivity contribution in [2.45, 2.75) is 13.0 Å². The van der Waals surface area contributed by atoms with Crippen LogP contribution in [-0.4, -0.2) is 4.98 Å². The minimum atomic E-state index is -0.371. The van der Waals surface area contributed by atoms with Crippen LogP contribution in [0.15, 0.2) is 36.7 Å². The monoisotopic (exact) mass is 250 g/mol. The van der Waals surface area contributed by atoms with Crippen molar-refractivity contribution in [2.75, 3.05) is 0 Å². The van der Waals surface area contributed by atoms with E-state index in [4.69, 9.17) is 17.3 Å². The quantitative estimate of drug-likeness (QED) is 0.889. The fourth-order valence-electron chi connectivity index (χ4n) is 1.68. The Bertz CT molecular complexity index is 543. The molecule has 0 aliphatic heterocycles. The van der Waals surface area contributed by atoms with Crippen molar-refractivity contribution in [3.8, 4) is 0 Å². The summed E-state index contributed by atoms with van der Waals surface area (Å²) in [6.45, 7) is 1.71. The molecule has 0 aliphatic carbocycles. The average molecular weight is 251 g/mol.